The van der Waals surface area contributed by atoms with Crippen LogP contribution >= 0.6 is 0 Å². The van der Waals surface area contributed by atoms with Crippen LogP contribution in [0.2, 0.25) is 0 Å². The predicted molar refractivity (Wildman–Crippen MR) is 50.2 cm³/mol. The zero-order valence-electron chi connectivity index (χ0n) is 8.55. The summed E-state index contributed by atoms with van der Waals surface area (Å²) in [5, 5.41) is 0. The van der Waals surface area contributed by atoms with E-state index in [-0.39, 0.29) is 17.4 Å². The zero-order chi connectivity index (χ0) is 9.35. The van der Waals surface area contributed by atoms with Gasteiger partial charge in [-0.25, -0.2) is 0 Å². The molecule has 2 nitrogen and oxygen atoms in total. The zero-order valence-corrected chi connectivity index (χ0v) is 8.55. The number of nitrogens with zero attached hydrogens (tertiary/aromatic N) is 1. The van der Waals surface area contributed by atoms with Crippen LogP contribution in [0.1, 0.15) is 40.5 Å². The number of rotatable bonds is 2. The van der Waals surface area contributed by atoms with Crippen LogP contribution in [0.25, 0.3) is 0 Å². The van der Waals surface area contributed by atoms with Crippen LogP contribution in [-0.2, 0) is 4.79 Å². The summed E-state index contributed by atoms with van der Waals surface area (Å²) < 4.78 is 0. The molecule has 0 aromatic rings. The standard InChI is InChI=1S/C10H19NO/c1-8(9(2)12)11-7-5-6-10(11,3)4/h8H,5-7H2,1-4H3. The first-order valence-corrected chi connectivity index (χ1v) is 4.72. The molecule has 0 spiro atoms. The maximum atomic E-state index is 11.2. The van der Waals surface area contributed by atoms with E-state index in [0.717, 1.165) is 6.54 Å². The Labute approximate surface area is 74.9 Å². The molecule has 0 aliphatic carbocycles. The van der Waals surface area contributed by atoms with Crippen LogP contribution in [0.5, 0.6) is 0 Å². The molecule has 0 bridgehead atoms. The van der Waals surface area contributed by atoms with Gasteiger partial charge in [-0.05, 0) is 47.1 Å². The first kappa shape index (κ1) is 9.72. The van der Waals surface area contributed by atoms with E-state index < -0.39 is 0 Å². The summed E-state index contributed by atoms with van der Waals surface area (Å²) in [5.41, 5.74) is 0.227. The van der Waals surface area contributed by atoms with Crippen molar-refractivity contribution >= 4 is 5.78 Å². The maximum Gasteiger partial charge on any atom is 0.146 e. The number of carbonyl (C=O) groups excluding carboxylic acids is 1. The Morgan fingerprint density at radius 3 is 2.42 bits per heavy atom. The highest BCUT2D eigenvalue weighted by molar-refractivity contribution is 5.81. The number of ketones is 1. The molecule has 0 saturated carbocycles. The fraction of sp³-hybridized carbons (Fsp3) is 0.900. The van der Waals surface area contributed by atoms with Gasteiger partial charge in [-0.15, -0.1) is 0 Å². The van der Waals surface area contributed by atoms with E-state index in [0.29, 0.717) is 0 Å². The Bertz CT molecular complexity index is 186. The summed E-state index contributed by atoms with van der Waals surface area (Å²) in [6, 6.07) is 0.0995. The minimum atomic E-state index is 0.0995. The van der Waals surface area contributed by atoms with Gasteiger partial charge in [0.15, 0.2) is 0 Å². The van der Waals surface area contributed by atoms with Crippen LogP contribution in [0.3, 0.4) is 0 Å². The SMILES string of the molecule is CC(=O)C(C)N1CCCC1(C)C. The van der Waals surface area contributed by atoms with Crippen molar-refractivity contribution in [3.63, 3.8) is 0 Å². The Morgan fingerprint density at radius 1 is 1.50 bits per heavy atom. The molecule has 0 amide bonds. The lowest BCUT2D eigenvalue weighted by Gasteiger charge is -2.35. The monoisotopic (exact) mass is 169 g/mol. The van der Waals surface area contributed by atoms with Gasteiger partial charge in [0.1, 0.15) is 5.78 Å². The van der Waals surface area contributed by atoms with Crippen molar-refractivity contribution in [3.05, 3.63) is 0 Å². The quantitative estimate of drug-likeness (QED) is 0.628. The Kier molecular flexibility index (Phi) is 2.57. The fourth-order valence-corrected chi connectivity index (χ4v) is 2.07. The van der Waals surface area contributed by atoms with Gasteiger partial charge in [0.05, 0.1) is 6.04 Å². The van der Waals surface area contributed by atoms with E-state index in [1.807, 2.05) is 6.92 Å². The van der Waals surface area contributed by atoms with E-state index in [1.165, 1.54) is 12.8 Å². The van der Waals surface area contributed by atoms with Gasteiger partial charge in [0.25, 0.3) is 0 Å². The summed E-state index contributed by atoms with van der Waals surface area (Å²) in [5.74, 6) is 0.282. The van der Waals surface area contributed by atoms with Crippen LogP contribution < -0.4 is 0 Å². The summed E-state index contributed by atoms with van der Waals surface area (Å²) >= 11 is 0. The van der Waals surface area contributed by atoms with Crippen molar-refractivity contribution in [1.82, 2.24) is 4.90 Å². The fourth-order valence-electron chi connectivity index (χ4n) is 2.07. The Hall–Kier alpha value is -0.370. The van der Waals surface area contributed by atoms with Gasteiger partial charge in [-0.2, -0.15) is 0 Å². The van der Waals surface area contributed by atoms with Crippen molar-refractivity contribution < 1.29 is 4.79 Å². The van der Waals surface area contributed by atoms with Gasteiger partial charge < -0.3 is 0 Å². The second kappa shape index (κ2) is 3.17. The van der Waals surface area contributed by atoms with Crippen LogP contribution in [0.4, 0.5) is 0 Å². The molecule has 0 radical (unpaired) electrons. The third-order valence-electron chi connectivity index (χ3n) is 3.02. The molecule has 1 atom stereocenters. The van der Waals surface area contributed by atoms with Crippen molar-refractivity contribution in [2.75, 3.05) is 6.54 Å². The smallest absolute Gasteiger partial charge is 0.146 e. The highest BCUT2D eigenvalue weighted by Gasteiger charge is 2.36. The molecule has 0 aromatic carbocycles. The van der Waals surface area contributed by atoms with Crippen LogP contribution in [-0.4, -0.2) is 28.8 Å². The first-order valence-electron chi connectivity index (χ1n) is 4.72. The van der Waals surface area contributed by atoms with Gasteiger partial charge in [0.2, 0.25) is 0 Å². The maximum absolute atomic E-state index is 11.2. The van der Waals surface area contributed by atoms with Gasteiger partial charge in [-0.1, -0.05) is 0 Å². The minimum absolute atomic E-state index is 0.0995. The molecule has 0 aromatic heterocycles. The summed E-state index contributed by atoms with van der Waals surface area (Å²) in [6.07, 6.45) is 2.44. The Balaban J connectivity index is 2.68. The molecule has 0 N–H and O–H groups in total. The average Bonchev–Trinajstić information content (AvgIpc) is 2.27. The topological polar surface area (TPSA) is 20.3 Å². The molecule has 1 saturated heterocycles. The molecule has 70 valence electrons. The molecule has 1 unspecified atom stereocenters. The van der Waals surface area contributed by atoms with Crippen molar-refractivity contribution in [2.24, 2.45) is 0 Å². The molecule has 2 heteroatoms. The lowest BCUT2D eigenvalue weighted by molar-refractivity contribution is -0.122. The van der Waals surface area contributed by atoms with Crippen LogP contribution in [0, 0.1) is 0 Å². The minimum Gasteiger partial charge on any atom is -0.298 e. The highest BCUT2D eigenvalue weighted by Crippen LogP contribution is 2.30. The Morgan fingerprint density at radius 2 is 2.08 bits per heavy atom. The molecular weight excluding hydrogens is 150 g/mol. The van der Waals surface area contributed by atoms with Gasteiger partial charge in [-0.3, -0.25) is 9.69 Å². The number of hydrogen-bond acceptors (Lipinski definition) is 2. The second-order valence-electron chi connectivity index (χ2n) is 4.40. The van der Waals surface area contributed by atoms with Crippen molar-refractivity contribution in [2.45, 2.75) is 52.1 Å². The van der Waals surface area contributed by atoms with E-state index in [9.17, 15) is 4.79 Å². The third-order valence-corrected chi connectivity index (χ3v) is 3.02. The largest absolute Gasteiger partial charge is 0.298 e. The van der Waals surface area contributed by atoms with E-state index in [4.69, 9.17) is 0 Å². The van der Waals surface area contributed by atoms with Crippen molar-refractivity contribution in [1.29, 1.82) is 0 Å². The van der Waals surface area contributed by atoms with Gasteiger partial charge >= 0.3 is 0 Å². The highest BCUT2D eigenvalue weighted by atomic mass is 16.1. The summed E-state index contributed by atoms with van der Waals surface area (Å²) in [4.78, 5) is 13.5. The molecule has 1 heterocycles. The van der Waals surface area contributed by atoms with Crippen molar-refractivity contribution in [3.8, 4) is 0 Å². The molecular formula is C10H19NO. The van der Waals surface area contributed by atoms with Gasteiger partial charge in [0, 0.05) is 5.54 Å². The first-order chi connectivity index (χ1) is 5.45. The molecule has 12 heavy (non-hydrogen) atoms. The number of Topliss-reactive ketones (excluding diaryl/α,β-unsaturated/α-hetero) is 1. The summed E-state index contributed by atoms with van der Waals surface area (Å²) in [6.45, 7) is 9.21. The average molecular weight is 169 g/mol. The van der Waals surface area contributed by atoms with E-state index >= 15 is 0 Å². The number of hydrogen-bond donors (Lipinski definition) is 0. The second-order valence-corrected chi connectivity index (χ2v) is 4.40. The van der Waals surface area contributed by atoms with E-state index in [1.54, 1.807) is 6.92 Å². The molecule has 1 aliphatic heterocycles. The van der Waals surface area contributed by atoms with Crippen LogP contribution in [0.15, 0.2) is 0 Å². The normalized spacial score (nSPS) is 25.7. The molecule has 1 fully saturated rings. The third kappa shape index (κ3) is 1.69. The number of carbonyl (C=O) groups is 1. The predicted octanol–water partition coefficient (Wildman–Crippen LogP) is 1.84. The lowest BCUT2D eigenvalue weighted by Crippen LogP contribution is -2.47. The molecule has 1 aliphatic rings. The summed E-state index contributed by atoms with van der Waals surface area (Å²) in [7, 11) is 0. The van der Waals surface area contributed by atoms with E-state index in [2.05, 4.69) is 18.7 Å². The molecule has 1 rings (SSSR count). The lowest BCUT2D eigenvalue weighted by atomic mass is 10.00. The number of likely N-dealkylation sites (tertiary alicyclic amines) is 1.